The molecule has 2 aromatic carbocycles. The highest BCUT2D eigenvalue weighted by Crippen LogP contribution is 2.28. The van der Waals surface area contributed by atoms with Crippen LogP contribution in [-0.4, -0.2) is 48.7 Å². The molecule has 1 aliphatic rings. The first-order valence-electron chi connectivity index (χ1n) is 8.93. The number of ether oxygens (including phenoxy) is 2. The van der Waals surface area contributed by atoms with Gasteiger partial charge < -0.3 is 9.47 Å². The van der Waals surface area contributed by atoms with Gasteiger partial charge >= 0.3 is 0 Å². The van der Waals surface area contributed by atoms with E-state index in [1.54, 1.807) is 25.3 Å². The predicted octanol–water partition coefficient (Wildman–Crippen LogP) is 3.52. The summed E-state index contributed by atoms with van der Waals surface area (Å²) in [5, 5.41) is 9.09. The zero-order valence-corrected chi connectivity index (χ0v) is 17.0. The molecule has 6 nitrogen and oxygen atoms in total. The molecule has 1 saturated heterocycles. The topological polar surface area (TPSA) is 63.5 Å². The lowest BCUT2D eigenvalue weighted by molar-refractivity contribution is -0.124. The number of amides is 1. The van der Waals surface area contributed by atoms with Crippen molar-refractivity contribution in [3.63, 3.8) is 0 Å². The van der Waals surface area contributed by atoms with Crippen LogP contribution in [0, 0.1) is 6.92 Å². The van der Waals surface area contributed by atoms with Crippen molar-refractivity contribution < 1.29 is 14.3 Å². The number of aryl methyl sites for hydroxylation is 1. The minimum atomic E-state index is 0.0512. The van der Waals surface area contributed by atoms with Crippen LogP contribution < -0.4 is 9.47 Å². The number of thioether (sulfide) groups is 1. The van der Waals surface area contributed by atoms with Crippen LogP contribution in [0.1, 0.15) is 16.7 Å². The van der Waals surface area contributed by atoms with Crippen molar-refractivity contribution in [1.82, 2.24) is 4.90 Å². The van der Waals surface area contributed by atoms with E-state index in [0.717, 1.165) is 16.7 Å². The number of nitrogens with zero attached hydrogens (tertiary/aromatic N) is 3. The van der Waals surface area contributed by atoms with E-state index in [2.05, 4.69) is 10.2 Å². The van der Waals surface area contributed by atoms with Gasteiger partial charge in [0, 0.05) is 6.54 Å². The summed E-state index contributed by atoms with van der Waals surface area (Å²) in [4.78, 5) is 13.9. The first-order chi connectivity index (χ1) is 13.6. The van der Waals surface area contributed by atoms with Gasteiger partial charge in [-0.1, -0.05) is 42.1 Å². The summed E-state index contributed by atoms with van der Waals surface area (Å²) in [5.74, 6) is 1.81. The Hall–Kier alpha value is -2.80. The van der Waals surface area contributed by atoms with E-state index >= 15 is 0 Å². The Kier molecular flexibility index (Phi) is 6.71. The number of carbonyl (C=O) groups excluding carboxylic acids is 1. The molecule has 0 bridgehead atoms. The number of hydrogen-bond donors (Lipinski definition) is 0. The van der Waals surface area contributed by atoms with E-state index in [0.29, 0.717) is 35.4 Å². The number of methoxy groups -OCH3 is 2. The normalized spacial score (nSPS) is 15.6. The molecule has 0 atom stereocenters. The van der Waals surface area contributed by atoms with Gasteiger partial charge in [0.1, 0.15) is 0 Å². The lowest BCUT2D eigenvalue weighted by atomic mass is 10.1. The highest BCUT2D eigenvalue weighted by atomic mass is 32.2. The molecule has 1 aliphatic heterocycles. The van der Waals surface area contributed by atoms with Crippen molar-refractivity contribution >= 4 is 29.1 Å². The van der Waals surface area contributed by atoms with E-state index in [9.17, 15) is 4.79 Å². The van der Waals surface area contributed by atoms with Gasteiger partial charge in [0.2, 0.25) is 5.91 Å². The summed E-state index contributed by atoms with van der Waals surface area (Å²) < 4.78 is 10.6. The molecule has 0 N–H and O–H groups in total. The fraction of sp³-hybridized carbons (Fsp3) is 0.286. The number of hydrogen-bond acceptors (Lipinski definition) is 6. The fourth-order valence-corrected chi connectivity index (χ4v) is 3.70. The largest absolute Gasteiger partial charge is 0.493 e. The van der Waals surface area contributed by atoms with Crippen LogP contribution in [-0.2, 0) is 11.2 Å². The molecule has 3 rings (SSSR count). The Labute approximate surface area is 169 Å². The second-order valence-electron chi connectivity index (χ2n) is 6.26. The summed E-state index contributed by atoms with van der Waals surface area (Å²) in [6, 6.07) is 13.7. The third kappa shape index (κ3) is 4.72. The molecule has 7 heteroatoms. The zero-order chi connectivity index (χ0) is 19.9. The van der Waals surface area contributed by atoms with Gasteiger partial charge in [0.15, 0.2) is 16.7 Å². The lowest BCUT2D eigenvalue weighted by Gasteiger charge is -2.16. The number of benzene rings is 2. The van der Waals surface area contributed by atoms with Gasteiger partial charge in [-0.15, -0.1) is 5.10 Å². The smallest absolute Gasteiger partial charge is 0.239 e. The highest BCUT2D eigenvalue weighted by molar-refractivity contribution is 8.15. The number of carbonyl (C=O) groups is 1. The van der Waals surface area contributed by atoms with Gasteiger partial charge in [-0.05, 0) is 42.2 Å². The monoisotopic (exact) mass is 397 g/mol. The molecule has 1 fully saturated rings. The van der Waals surface area contributed by atoms with E-state index in [1.165, 1.54) is 11.8 Å². The van der Waals surface area contributed by atoms with Gasteiger partial charge in [-0.25, -0.2) is 0 Å². The SMILES string of the molecule is COc1ccc(CCN2C(=O)CS/C2=N/N=C/c2ccccc2C)cc1OC. The van der Waals surface area contributed by atoms with Crippen LogP contribution in [0.15, 0.2) is 52.7 Å². The Morgan fingerprint density at radius 3 is 2.68 bits per heavy atom. The molecular weight excluding hydrogens is 374 g/mol. The van der Waals surface area contributed by atoms with E-state index < -0.39 is 0 Å². The number of amidine groups is 1. The first-order valence-corrected chi connectivity index (χ1v) is 9.91. The molecule has 1 heterocycles. The second-order valence-corrected chi connectivity index (χ2v) is 7.20. The number of rotatable bonds is 7. The first kappa shape index (κ1) is 19.9. The van der Waals surface area contributed by atoms with Crippen LogP contribution in [0.3, 0.4) is 0 Å². The van der Waals surface area contributed by atoms with E-state index in [4.69, 9.17) is 9.47 Å². The van der Waals surface area contributed by atoms with Gasteiger partial charge in [-0.2, -0.15) is 5.10 Å². The molecule has 0 radical (unpaired) electrons. The summed E-state index contributed by atoms with van der Waals surface area (Å²) in [5.41, 5.74) is 3.20. The van der Waals surface area contributed by atoms with Crippen molar-refractivity contribution in [2.24, 2.45) is 10.2 Å². The van der Waals surface area contributed by atoms with Gasteiger partial charge in [0.05, 0.1) is 26.2 Å². The molecule has 1 amide bonds. The summed E-state index contributed by atoms with van der Waals surface area (Å²) in [7, 11) is 3.22. The quantitative estimate of drug-likeness (QED) is 0.530. The standard InChI is InChI=1S/C21H23N3O3S/c1-15-6-4-5-7-17(15)13-22-23-21-24(20(25)14-28-21)11-10-16-8-9-18(26-2)19(12-16)27-3/h4-9,12-13H,10-11,14H2,1-3H3/b22-13+,23-21+. The van der Waals surface area contributed by atoms with Crippen molar-refractivity contribution in [1.29, 1.82) is 0 Å². The van der Waals surface area contributed by atoms with Crippen molar-refractivity contribution in [2.45, 2.75) is 13.3 Å². The minimum Gasteiger partial charge on any atom is -0.493 e. The van der Waals surface area contributed by atoms with Gasteiger partial charge in [-0.3, -0.25) is 9.69 Å². The summed E-state index contributed by atoms with van der Waals surface area (Å²) in [6.45, 7) is 2.57. The molecular formula is C21H23N3O3S. The lowest BCUT2D eigenvalue weighted by Crippen LogP contribution is -2.31. The van der Waals surface area contributed by atoms with Crippen molar-refractivity contribution in [3.05, 3.63) is 59.2 Å². The Morgan fingerprint density at radius 1 is 1.14 bits per heavy atom. The van der Waals surface area contributed by atoms with Crippen molar-refractivity contribution in [2.75, 3.05) is 26.5 Å². The second kappa shape index (κ2) is 9.41. The van der Waals surface area contributed by atoms with Crippen LogP contribution in [0.2, 0.25) is 0 Å². The van der Waals surface area contributed by atoms with Crippen LogP contribution in [0.4, 0.5) is 0 Å². The molecule has 0 aliphatic carbocycles. The molecule has 0 spiro atoms. The molecule has 2 aromatic rings. The molecule has 146 valence electrons. The maximum atomic E-state index is 12.2. The maximum Gasteiger partial charge on any atom is 0.239 e. The third-order valence-corrected chi connectivity index (χ3v) is 5.41. The predicted molar refractivity (Wildman–Crippen MR) is 114 cm³/mol. The van der Waals surface area contributed by atoms with E-state index in [-0.39, 0.29) is 5.91 Å². The Morgan fingerprint density at radius 2 is 1.93 bits per heavy atom. The third-order valence-electron chi connectivity index (χ3n) is 4.46. The van der Waals surface area contributed by atoms with Crippen LogP contribution in [0.5, 0.6) is 11.5 Å². The average molecular weight is 398 g/mol. The fourth-order valence-electron chi connectivity index (χ4n) is 2.84. The van der Waals surface area contributed by atoms with Crippen LogP contribution in [0.25, 0.3) is 0 Å². The van der Waals surface area contributed by atoms with Gasteiger partial charge in [0.25, 0.3) is 0 Å². The molecule has 0 aromatic heterocycles. The van der Waals surface area contributed by atoms with E-state index in [1.807, 2.05) is 49.4 Å². The molecule has 0 unspecified atom stereocenters. The summed E-state index contributed by atoms with van der Waals surface area (Å²) in [6.07, 6.45) is 2.41. The Balaban J connectivity index is 1.68. The molecule has 0 saturated carbocycles. The summed E-state index contributed by atoms with van der Waals surface area (Å²) >= 11 is 1.41. The highest BCUT2D eigenvalue weighted by Gasteiger charge is 2.28. The maximum absolute atomic E-state index is 12.2. The molecule has 28 heavy (non-hydrogen) atoms. The minimum absolute atomic E-state index is 0.0512. The zero-order valence-electron chi connectivity index (χ0n) is 16.2. The average Bonchev–Trinajstić information content (AvgIpc) is 3.07. The van der Waals surface area contributed by atoms with Crippen LogP contribution >= 0.6 is 11.8 Å². The Bertz CT molecular complexity index is 912. The van der Waals surface area contributed by atoms with Crippen molar-refractivity contribution in [3.8, 4) is 11.5 Å².